The first kappa shape index (κ1) is 23.2. The van der Waals surface area contributed by atoms with Crippen LogP contribution >= 0.6 is 0 Å². The van der Waals surface area contributed by atoms with E-state index >= 15 is 0 Å². The standard InChI is InChI=1S/C29H32N2O4/c1-3-27(32)31-16-13-21-9-10-23(18-25(21)28(31)22-8-6-7-20(2)17-22)34-19-24-11-12-26(35-24)29(33)30-14-4-5-15-30/h6-12,17-18,28H,3-5,13-16,19H2,1-2H3. The molecule has 1 unspecified atom stereocenters. The fraction of sp³-hybridized carbons (Fsp3) is 0.379. The van der Waals surface area contributed by atoms with Gasteiger partial charge in [0.1, 0.15) is 18.1 Å². The maximum absolute atomic E-state index is 12.8. The van der Waals surface area contributed by atoms with Crippen LogP contribution in [0, 0.1) is 6.92 Å². The maximum atomic E-state index is 12.8. The smallest absolute Gasteiger partial charge is 0.289 e. The molecule has 5 rings (SSSR count). The van der Waals surface area contributed by atoms with Crippen LogP contribution in [0.5, 0.6) is 5.75 Å². The van der Waals surface area contributed by atoms with Crippen LogP contribution < -0.4 is 4.74 Å². The third-order valence-electron chi connectivity index (χ3n) is 6.97. The molecule has 0 saturated carbocycles. The van der Waals surface area contributed by atoms with Gasteiger partial charge < -0.3 is 19.0 Å². The fourth-order valence-corrected chi connectivity index (χ4v) is 5.16. The van der Waals surface area contributed by atoms with Crippen LogP contribution in [0.3, 0.4) is 0 Å². The van der Waals surface area contributed by atoms with Gasteiger partial charge in [0, 0.05) is 26.1 Å². The number of carbonyl (C=O) groups excluding carboxylic acids is 2. The molecule has 2 aliphatic rings. The van der Waals surface area contributed by atoms with E-state index in [2.05, 4.69) is 37.3 Å². The number of nitrogens with zero attached hydrogens (tertiary/aromatic N) is 2. The maximum Gasteiger partial charge on any atom is 0.289 e. The number of carbonyl (C=O) groups is 2. The van der Waals surface area contributed by atoms with Crippen molar-refractivity contribution in [3.8, 4) is 5.75 Å². The third-order valence-corrected chi connectivity index (χ3v) is 6.97. The summed E-state index contributed by atoms with van der Waals surface area (Å²) < 4.78 is 11.9. The van der Waals surface area contributed by atoms with Gasteiger partial charge in [-0.1, -0.05) is 42.8 Å². The van der Waals surface area contributed by atoms with E-state index in [1.165, 1.54) is 11.1 Å². The molecule has 3 heterocycles. The average molecular weight is 473 g/mol. The zero-order chi connectivity index (χ0) is 24.4. The highest BCUT2D eigenvalue weighted by Crippen LogP contribution is 2.38. The first-order valence-corrected chi connectivity index (χ1v) is 12.5. The molecule has 2 amide bonds. The van der Waals surface area contributed by atoms with Crippen molar-refractivity contribution in [2.24, 2.45) is 0 Å². The Labute approximate surface area is 206 Å². The highest BCUT2D eigenvalue weighted by Gasteiger charge is 2.32. The van der Waals surface area contributed by atoms with Crippen molar-refractivity contribution >= 4 is 11.8 Å². The second kappa shape index (κ2) is 9.98. The number of fused-ring (bicyclic) bond motifs is 1. The second-order valence-electron chi connectivity index (χ2n) is 9.42. The van der Waals surface area contributed by atoms with Crippen LogP contribution in [-0.2, 0) is 17.8 Å². The van der Waals surface area contributed by atoms with Crippen LogP contribution in [0.4, 0.5) is 0 Å². The molecule has 182 valence electrons. The molecule has 0 spiro atoms. The number of benzene rings is 2. The van der Waals surface area contributed by atoms with Gasteiger partial charge in [0.25, 0.3) is 5.91 Å². The molecule has 0 N–H and O–H groups in total. The van der Waals surface area contributed by atoms with Crippen molar-refractivity contribution in [1.29, 1.82) is 0 Å². The Balaban J connectivity index is 1.37. The SMILES string of the molecule is CCC(=O)N1CCc2ccc(OCc3ccc(C(=O)N4CCCC4)o3)cc2C1c1cccc(C)c1. The predicted octanol–water partition coefficient (Wildman–Crippen LogP) is 5.29. The fourth-order valence-electron chi connectivity index (χ4n) is 5.16. The van der Waals surface area contributed by atoms with Gasteiger partial charge in [0.15, 0.2) is 5.76 Å². The summed E-state index contributed by atoms with van der Waals surface area (Å²) in [5, 5.41) is 0. The number of aryl methyl sites for hydroxylation is 1. The number of ether oxygens (including phenoxy) is 1. The van der Waals surface area contributed by atoms with Gasteiger partial charge in [-0.2, -0.15) is 0 Å². The molecule has 1 saturated heterocycles. The highest BCUT2D eigenvalue weighted by atomic mass is 16.5. The zero-order valence-electron chi connectivity index (χ0n) is 20.5. The monoisotopic (exact) mass is 472 g/mol. The number of likely N-dealkylation sites (tertiary alicyclic amines) is 1. The van der Waals surface area contributed by atoms with Crippen molar-refractivity contribution in [3.05, 3.63) is 88.4 Å². The zero-order valence-corrected chi connectivity index (χ0v) is 20.5. The van der Waals surface area contributed by atoms with E-state index in [1.807, 2.05) is 28.9 Å². The number of hydrogen-bond donors (Lipinski definition) is 0. The van der Waals surface area contributed by atoms with Gasteiger partial charge >= 0.3 is 0 Å². The molecule has 1 fully saturated rings. The molecule has 1 aromatic heterocycles. The molecule has 2 aliphatic heterocycles. The molecule has 2 aromatic carbocycles. The van der Waals surface area contributed by atoms with Crippen LogP contribution in [-0.4, -0.2) is 41.2 Å². The first-order chi connectivity index (χ1) is 17.0. The second-order valence-corrected chi connectivity index (χ2v) is 9.42. The minimum absolute atomic E-state index is 0.0517. The minimum atomic E-state index is -0.136. The van der Waals surface area contributed by atoms with Crippen molar-refractivity contribution < 1.29 is 18.7 Å². The molecule has 0 radical (unpaired) electrons. The van der Waals surface area contributed by atoms with Crippen LogP contribution in [0.15, 0.2) is 59.0 Å². The predicted molar refractivity (Wildman–Crippen MR) is 133 cm³/mol. The number of rotatable bonds is 6. The van der Waals surface area contributed by atoms with Crippen molar-refractivity contribution in [3.63, 3.8) is 0 Å². The topological polar surface area (TPSA) is 63.0 Å². The summed E-state index contributed by atoms with van der Waals surface area (Å²) in [4.78, 5) is 29.2. The minimum Gasteiger partial charge on any atom is -0.486 e. The Kier molecular flexibility index (Phi) is 6.62. The Morgan fingerprint density at radius 1 is 1.03 bits per heavy atom. The van der Waals surface area contributed by atoms with Gasteiger partial charge in [-0.3, -0.25) is 9.59 Å². The van der Waals surface area contributed by atoms with Gasteiger partial charge in [-0.15, -0.1) is 0 Å². The highest BCUT2D eigenvalue weighted by molar-refractivity contribution is 5.91. The summed E-state index contributed by atoms with van der Waals surface area (Å²) in [7, 11) is 0. The molecule has 6 heteroatoms. The molecule has 3 aromatic rings. The summed E-state index contributed by atoms with van der Waals surface area (Å²) in [6.07, 6.45) is 3.39. The van der Waals surface area contributed by atoms with Crippen molar-refractivity contribution in [2.45, 2.75) is 52.2 Å². The van der Waals surface area contributed by atoms with Gasteiger partial charge in [-0.25, -0.2) is 0 Å². The number of hydrogen-bond acceptors (Lipinski definition) is 4. The quantitative estimate of drug-likeness (QED) is 0.489. The lowest BCUT2D eigenvalue weighted by molar-refractivity contribution is -0.132. The van der Waals surface area contributed by atoms with Crippen LogP contribution in [0.2, 0.25) is 0 Å². The summed E-state index contributed by atoms with van der Waals surface area (Å²) in [6.45, 7) is 6.51. The van der Waals surface area contributed by atoms with Crippen molar-refractivity contribution in [2.75, 3.05) is 19.6 Å². The Morgan fingerprint density at radius 2 is 1.86 bits per heavy atom. The van der Waals surface area contributed by atoms with Gasteiger partial charge in [0.05, 0.1) is 6.04 Å². The summed E-state index contributed by atoms with van der Waals surface area (Å²) in [5.41, 5.74) is 4.62. The van der Waals surface area contributed by atoms with E-state index < -0.39 is 0 Å². The molecule has 0 aliphatic carbocycles. The Morgan fingerprint density at radius 3 is 2.63 bits per heavy atom. The molecule has 35 heavy (non-hydrogen) atoms. The lowest BCUT2D eigenvalue weighted by atomic mass is 9.87. The summed E-state index contributed by atoms with van der Waals surface area (Å²) in [5.74, 6) is 1.80. The van der Waals surface area contributed by atoms with E-state index in [-0.39, 0.29) is 24.5 Å². The summed E-state index contributed by atoms with van der Waals surface area (Å²) >= 11 is 0. The normalized spacial score (nSPS) is 17.4. The number of furan rings is 1. The summed E-state index contributed by atoms with van der Waals surface area (Å²) in [6, 6.07) is 17.9. The largest absolute Gasteiger partial charge is 0.486 e. The Bertz CT molecular complexity index is 1220. The van der Waals surface area contributed by atoms with Crippen LogP contribution in [0.25, 0.3) is 0 Å². The molecule has 6 nitrogen and oxygen atoms in total. The van der Waals surface area contributed by atoms with E-state index in [4.69, 9.17) is 9.15 Å². The Hall–Kier alpha value is -3.54. The van der Waals surface area contributed by atoms with Crippen LogP contribution in [0.1, 0.15) is 70.8 Å². The van der Waals surface area contributed by atoms with E-state index in [1.54, 1.807) is 12.1 Å². The molecule has 0 bridgehead atoms. The van der Waals surface area contributed by atoms with E-state index in [0.29, 0.717) is 24.5 Å². The molecule has 1 atom stereocenters. The van der Waals surface area contributed by atoms with E-state index in [0.717, 1.165) is 49.2 Å². The molecular formula is C29H32N2O4. The third kappa shape index (κ3) is 4.83. The van der Waals surface area contributed by atoms with Gasteiger partial charge in [-0.05, 0) is 67.1 Å². The first-order valence-electron chi connectivity index (χ1n) is 12.5. The van der Waals surface area contributed by atoms with Gasteiger partial charge in [0.2, 0.25) is 5.91 Å². The average Bonchev–Trinajstić information content (AvgIpc) is 3.58. The van der Waals surface area contributed by atoms with Crippen molar-refractivity contribution in [1.82, 2.24) is 9.80 Å². The number of amides is 2. The lowest BCUT2D eigenvalue weighted by Crippen LogP contribution is -2.40. The molecular weight excluding hydrogens is 440 g/mol. The van der Waals surface area contributed by atoms with E-state index in [9.17, 15) is 9.59 Å². The lowest BCUT2D eigenvalue weighted by Gasteiger charge is -2.38.